The first-order chi connectivity index (χ1) is 20.1. The van der Waals surface area contributed by atoms with E-state index in [1.54, 1.807) is 18.5 Å². The van der Waals surface area contributed by atoms with Crippen LogP contribution >= 0.6 is 11.6 Å². The molecule has 4 aromatic rings. The molecule has 0 bridgehead atoms. The van der Waals surface area contributed by atoms with E-state index in [9.17, 15) is 35.5 Å². The van der Waals surface area contributed by atoms with Gasteiger partial charge in [0.2, 0.25) is 0 Å². The van der Waals surface area contributed by atoms with Crippen LogP contribution in [0.4, 0.5) is 30.7 Å². The number of ether oxygens (including phenoxy) is 2. The van der Waals surface area contributed by atoms with Crippen molar-refractivity contribution in [2.45, 2.75) is 25.2 Å². The van der Waals surface area contributed by atoms with Crippen LogP contribution in [0.1, 0.15) is 22.3 Å². The molecule has 0 spiro atoms. The molecule has 17 heteroatoms. The molecule has 0 saturated heterocycles. The van der Waals surface area contributed by atoms with Gasteiger partial charge in [-0.15, -0.1) is 0 Å². The van der Waals surface area contributed by atoms with Crippen molar-refractivity contribution in [2.75, 3.05) is 6.61 Å². The Hall–Kier alpha value is -4.73. The van der Waals surface area contributed by atoms with Gasteiger partial charge in [-0.05, 0) is 41.5 Å². The number of carbonyl (C=O) groups is 1. The summed E-state index contributed by atoms with van der Waals surface area (Å²) in [6.45, 7) is 0.0839. The fraction of sp³-hybridized carbons (Fsp3) is 0.192. The smallest absolute Gasteiger partial charge is 0.475 e. The third-order valence-electron chi connectivity index (χ3n) is 5.20. The maximum Gasteiger partial charge on any atom is 0.490 e. The van der Waals surface area contributed by atoms with Gasteiger partial charge < -0.3 is 19.6 Å². The number of hydrogen-bond donors (Lipinski definition) is 2. The van der Waals surface area contributed by atoms with Crippen LogP contribution < -0.4 is 15.0 Å². The van der Waals surface area contributed by atoms with Gasteiger partial charge in [-0.3, -0.25) is 4.79 Å². The number of carboxylic acids is 1. The second-order valence-corrected chi connectivity index (χ2v) is 8.77. The van der Waals surface area contributed by atoms with E-state index >= 15 is 0 Å². The number of benzene rings is 2. The number of H-pyrrole nitrogens is 1. The standard InChI is InChI=1S/C24H17ClF4N4O3.C2HF3O2/c25-19-3-2-17(9-18(19)24(27,28)29)36-21-4-1-14(8-20(21)26)5-6-35-23-32-12-16(22(34)33-23)7-15-10-30-13-31-11-15;3-2(4,5)1(6)7/h1-4,8-13H,5-7H2,(H,32,33,34);(H,6,7). The van der Waals surface area contributed by atoms with Gasteiger partial charge in [0.25, 0.3) is 11.6 Å². The zero-order chi connectivity index (χ0) is 31.8. The molecule has 0 atom stereocenters. The lowest BCUT2D eigenvalue weighted by Crippen LogP contribution is -2.21. The Morgan fingerprint density at radius 2 is 1.67 bits per heavy atom. The second-order valence-electron chi connectivity index (χ2n) is 8.37. The number of aromatic nitrogens is 4. The van der Waals surface area contributed by atoms with Gasteiger partial charge in [-0.1, -0.05) is 17.7 Å². The van der Waals surface area contributed by atoms with Crippen LogP contribution in [0.15, 0.2) is 66.1 Å². The first-order valence-corrected chi connectivity index (χ1v) is 12.1. The van der Waals surface area contributed by atoms with E-state index in [1.807, 2.05) is 0 Å². The van der Waals surface area contributed by atoms with Crippen molar-refractivity contribution in [1.82, 2.24) is 19.9 Å². The molecular formula is C26H18ClF7N4O5. The lowest BCUT2D eigenvalue weighted by Gasteiger charge is -2.12. The Labute approximate surface area is 241 Å². The van der Waals surface area contributed by atoms with Crippen LogP contribution in [0, 0.1) is 5.82 Å². The van der Waals surface area contributed by atoms with Crippen molar-refractivity contribution in [3.63, 3.8) is 0 Å². The molecule has 2 N–H and O–H groups in total. The average Bonchev–Trinajstić information content (AvgIpc) is 2.92. The van der Waals surface area contributed by atoms with Gasteiger partial charge in [0.15, 0.2) is 11.6 Å². The summed E-state index contributed by atoms with van der Waals surface area (Å²) in [5.74, 6) is -3.98. The first-order valence-electron chi connectivity index (χ1n) is 11.7. The topological polar surface area (TPSA) is 127 Å². The molecule has 228 valence electrons. The molecule has 0 radical (unpaired) electrons. The highest BCUT2D eigenvalue weighted by atomic mass is 35.5. The summed E-state index contributed by atoms with van der Waals surface area (Å²) in [7, 11) is 0. The fourth-order valence-corrected chi connectivity index (χ4v) is 3.43. The molecule has 2 aromatic heterocycles. The molecular weight excluding hydrogens is 617 g/mol. The average molecular weight is 635 g/mol. The van der Waals surface area contributed by atoms with Crippen LogP contribution in [-0.2, 0) is 23.8 Å². The summed E-state index contributed by atoms with van der Waals surface area (Å²) < 4.78 is 96.0. The van der Waals surface area contributed by atoms with E-state index in [1.165, 1.54) is 30.7 Å². The largest absolute Gasteiger partial charge is 0.490 e. The van der Waals surface area contributed by atoms with Crippen molar-refractivity contribution in [3.8, 4) is 17.5 Å². The van der Waals surface area contributed by atoms with Crippen LogP contribution in [0.2, 0.25) is 5.02 Å². The minimum atomic E-state index is -5.08. The third kappa shape index (κ3) is 9.95. The van der Waals surface area contributed by atoms with Gasteiger partial charge in [0, 0.05) is 37.0 Å². The van der Waals surface area contributed by atoms with E-state index in [0.29, 0.717) is 23.6 Å². The number of aromatic amines is 1. The summed E-state index contributed by atoms with van der Waals surface area (Å²) in [6, 6.07) is 6.99. The predicted molar refractivity (Wildman–Crippen MR) is 136 cm³/mol. The highest BCUT2D eigenvalue weighted by Gasteiger charge is 2.38. The zero-order valence-corrected chi connectivity index (χ0v) is 22.1. The number of halogens is 8. The molecule has 0 aliphatic heterocycles. The summed E-state index contributed by atoms with van der Waals surface area (Å²) in [5.41, 5.74) is 0.165. The van der Waals surface area contributed by atoms with Gasteiger partial charge in [-0.25, -0.2) is 19.2 Å². The number of aliphatic carboxylic acids is 1. The predicted octanol–water partition coefficient (Wildman–Crippen LogP) is 6.01. The lowest BCUT2D eigenvalue weighted by molar-refractivity contribution is -0.192. The van der Waals surface area contributed by atoms with E-state index < -0.39 is 40.3 Å². The molecule has 2 aromatic carbocycles. The zero-order valence-electron chi connectivity index (χ0n) is 21.3. The molecule has 0 unspecified atom stereocenters. The summed E-state index contributed by atoms with van der Waals surface area (Å²) >= 11 is 5.59. The molecule has 4 rings (SSSR count). The van der Waals surface area contributed by atoms with E-state index in [4.69, 9.17) is 31.0 Å². The second kappa shape index (κ2) is 14.0. The monoisotopic (exact) mass is 634 g/mol. The normalized spacial score (nSPS) is 11.3. The Bertz CT molecular complexity index is 1620. The van der Waals surface area contributed by atoms with Crippen LogP contribution in [-0.4, -0.2) is 43.8 Å². The maximum absolute atomic E-state index is 14.5. The number of carboxylic acid groups (broad SMARTS) is 1. The van der Waals surface area contributed by atoms with Crippen LogP contribution in [0.5, 0.6) is 17.5 Å². The Morgan fingerprint density at radius 3 is 2.26 bits per heavy atom. The molecule has 0 saturated carbocycles. The van der Waals surface area contributed by atoms with Crippen molar-refractivity contribution in [2.24, 2.45) is 0 Å². The summed E-state index contributed by atoms with van der Waals surface area (Å²) in [6.07, 6.45) is -3.10. The molecule has 0 aliphatic carbocycles. The van der Waals surface area contributed by atoms with Gasteiger partial charge in [0.1, 0.15) is 12.1 Å². The molecule has 43 heavy (non-hydrogen) atoms. The molecule has 0 aliphatic rings. The number of hydrogen-bond acceptors (Lipinski definition) is 7. The quantitative estimate of drug-likeness (QED) is 0.226. The maximum atomic E-state index is 14.5. The Morgan fingerprint density at radius 1 is 1.00 bits per heavy atom. The van der Waals surface area contributed by atoms with Crippen LogP contribution in [0.3, 0.4) is 0 Å². The summed E-state index contributed by atoms with van der Waals surface area (Å²) in [5, 5.41) is 6.64. The van der Waals surface area contributed by atoms with Gasteiger partial charge in [-0.2, -0.15) is 31.3 Å². The fourth-order valence-electron chi connectivity index (χ4n) is 3.21. The van der Waals surface area contributed by atoms with Crippen LogP contribution in [0.25, 0.3) is 0 Å². The van der Waals surface area contributed by atoms with Gasteiger partial charge in [0.05, 0.1) is 17.2 Å². The van der Waals surface area contributed by atoms with Crippen molar-refractivity contribution in [3.05, 3.63) is 105 Å². The molecule has 0 amide bonds. The minimum absolute atomic E-state index is 0.0108. The number of nitrogens with zero attached hydrogens (tertiary/aromatic N) is 3. The van der Waals surface area contributed by atoms with Crippen molar-refractivity contribution >= 4 is 17.6 Å². The van der Waals surface area contributed by atoms with E-state index in [-0.39, 0.29) is 30.5 Å². The van der Waals surface area contributed by atoms with E-state index in [2.05, 4.69) is 19.9 Å². The van der Waals surface area contributed by atoms with Crippen molar-refractivity contribution in [1.29, 1.82) is 0 Å². The molecule has 9 nitrogen and oxygen atoms in total. The Kier molecular flexibility index (Phi) is 10.6. The third-order valence-corrected chi connectivity index (χ3v) is 5.53. The SMILES string of the molecule is O=C(O)C(F)(F)F.O=c1nc(OCCc2ccc(Oc3ccc(Cl)c(C(F)(F)F)c3)c(F)c2)[nH]cc1Cc1cncnc1. The molecule has 2 heterocycles. The minimum Gasteiger partial charge on any atom is -0.475 e. The van der Waals surface area contributed by atoms with Gasteiger partial charge >= 0.3 is 18.3 Å². The summed E-state index contributed by atoms with van der Waals surface area (Å²) in [4.78, 5) is 35.6. The first kappa shape index (κ1) is 32.8. The van der Waals surface area contributed by atoms with E-state index in [0.717, 1.165) is 11.6 Å². The van der Waals surface area contributed by atoms with Crippen molar-refractivity contribution < 1.29 is 50.1 Å². The highest BCUT2D eigenvalue weighted by molar-refractivity contribution is 6.31. The number of nitrogens with one attached hydrogen (secondary N) is 1. The number of rotatable bonds is 8. The Balaban J connectivity index is 0.000000646. The lowest BCUT2D eigenvalue weighted by atomic mass is 10.1. The molecule has 0 fully saturated rings. The highest BCUT2D eigenvalue weighted by Crippen LogP contribution is 2.38. The number of alkyl halides is 6.